The summed E-state index contributed by atoms with van der Waals surface area (Å²) in [7, 11) is 0. The van der Waals surface area contributed by atoms with Crippen molar-refractivity contribution in [3.63, 3.8) is 0 Å². The smallest absolute Gasteiger partial charge is 0.391 e. The lowest BCUT2D eigenvalue weighted by molar-refractivity contribution is -0.183. The zero-order valence-electron chi connectivity index (χ0n) is 20.4. The first-order chi connectivity index (χ1) is 17.1. The van der Waals surface area contributed by atoms with Gasteiger partial charge in [0.2, 0.25) is 11.7 Å². The lowest BCUT2D eigenvalue weighted by atomic mass is 9.80. The Balaban J connectivity index is 1.38. The molecule has 2 unspecified atom stereocenters. The van der Waals surface area contributed by atoms with Gasteiger partial charge in [-0.1, -0.05) is 0 Å². The fraction of sp³-hybridized carbons (Fsp3) is 0.792. The molecule has 0 spiro atoms. The van der Waals surface area contributed by atoms with Crippen molar-refractivity contribution in [3.05, 3.63) is 12.1 Å². The maximum atomic E-state index is 15.6. The molecule has 36 heavy (non-hydrogen) atoms. The number of amides is 1. The molecule has 2 saturated carbocycles. The number of alkyl halides is 3. The fourth-order valence-corrected chi connectivity index (χ4v) is 5.62. The Morgan fingerprint density at radius 2 is 1.89 bits per heavy atom. The van der Waals surface area contributed by atoms with Crippen molar-refractivity contribution in [2.45, 2.75) is 69.7 Å². The molecule has 3 aliphatic rings. The van der Waals surface area contributed by atoms with E-state index in [2.05, 4.69) is 15.3 Å². The number of hydrogen-bond acceptors (Lipinski definition) is 7. The zero-order valence-corrected chi connectivity index (χ0v) is 20.4. The number of nitrogens with one attached hydrogen (secondary N) is 1. The number of aromatic nitrogens is 2. The number of carbonyl (C=O) groups excluding carboxylic acids is 1. The van der Waals surface area contributed by atoms with E-state index in [0.717, 1.165) is 19.3 Å². The summed E-state index contributed by atoms with van der Waals surface area (Å²) in [4.78, 5) is 23.2. The number of aliphatic hydroxyl groups excluding tert-OH is 1. The summed E-state index contributed by atoms with van der Waals surface area (Å²) in [5, 5.41) is 13.5. The van der Waals surface area contributed by atoms with E-state index in [9.17, 15) is 23.1 Å². The van der Waals surface area contributed by atoms with Crippen molar-refractivity contribution in [2.75, 3.05) is 42.9 Å². The topological polar surface area (TPSA) is 108 Å². The third-order valence-corrected chi connectivity index (χ3v) is 8.04. The molecular formula is C24H36F4N6O2. The minimum atomic E-state index is -4.15. The predicted octanol–water partition coefficient (Wildman–Crippen LogP) is 2.92. The van der Waals surface area contributed by atoms with Gasteiger partial charge in [-0.05, 0) is 63.8 Å². The monoisotopic (exact) mass is 516 g/mol. The average molecular weight is 517 g/mol. The highest BCUT2D eigenvalue weighted by molar-refractivity contribution is 5.75. The SMILES string of the molecule is NC(=O)CN1CCC(CNc2ncnc(N(C[C@H]3CC[C@H](C(F)(F)F)CC3)C3CCC3)c2F)C(O)C1. The van der Waals surface area contributed by atoms with E-state index in [1.54, 1.807) is 4.90 Å². The number of hydrogen-bond donors (Lipinski definition) is 3. The van der Waals surface area contributed by atoms with Crippen LogP contribution >= 0.6 is 0 Å². The summed E-state index contributed by atoms with van der Waals surface area (Å²) in [5.74, 6) is -2.10. The van der Waals surface area contributed by atoms with Crippen molar-refractivity contribution in [1.29, 1.82) is 0 Å². The van der Waals surface area contributed by atoms with Crippen molar-refractivity contribution in [1.82, 2.24) is 14.9 Å². The van der Waals surface area contributed by atoms with Crippen LogP contribution in [0.15, 0.2) is 6.33 Å². The molecule has 0 bridgehead atoms. The second kappa shape index (κ2) is 11.5. The molecule has 8 nitrogen and oxygen atoms in total. The lowest BCUT2D eigenvalue weighted by Crippen LogP contribution is -2.48. The number of piperidine rings is 1. The van der Waals surface area contributed by atoms with Gasteiger partial charge in [0.05, 0.1) is 18.6 Å². The number of anilines is 2. The standard InChI is InChI=1S/C24H36F4N6O2/c25-21-22(30-10-16-8-9-33(12-19(16)35)13-20(29)36)31-14-32-23(21)34(18-2-1-3-18)11-15-4-6-17(7-5-15)24(26,27)28/h14-19,35H,1-13H2,(H2,29,36)(H,30,31,32)/t15-,16?,17-,19?. The molecule has 0 radical (unpaired) electrons. The summed E-state index contributed by atoms with van der Waals surface area (Å²) in [6.07, 6.45) is 1.10. The van der Waals surface area contributed by atoms with Crippen LogP contribution in [-0.2, 0) is 4.79 Å². The number of halogens is 4. The molecule has 2 atom stereocenters. The number of β-amino-alcohol motifs (C(OH)–C–C–N with tert-alkyl or cyclic N) is 1. The Morgan fingerprint density at radius 1 is 1.17 bits per heavy atom. The first-order valence-electron chi connectivity index (χ1n) is 12.9. The number of nitrogens with zero attached hydrogens (tertiary/aromatic N) is 4. The summed E-state index contributed by atoms with van der Waals surface area (Å²) in [6.45, 7) is 1.81. The summed E-state index contributed by atoms with van der Waals surface area (Å²) in [6, 6.07) is 0.124. The molecule has 202 valence electrons. The molecule has 1 amide bonds. The average Bonchev–Trinajstić information content (AvgIpc) is 2.77. The third-order valence-electron chi connectivity index (χ3n) is 8.04. The zero-order chi connectivity index (χ0) is 25.9. The number of likely N-dealkylation sites (tertiary alicyclic amines) is 1. The van der Waals surface area contributed by atoms with Crippen LogP contribution in [0.4, 0.5) is 29.2 Å². The number of aliphatic hydroxyl groups is 1. The molecule has 1 aromatic rings. The minimum Gasteiger partial charge on any atom is -0.391 e. The maximum absolute atomic E-state index is 15.6. The maximum Gasteiger partial charge on any atom is 0.391 e. The molecule has 1 saturated heterocycles. The third kappa shape index (κ3) is 6.56. The molecule has 12 heteroatoms. The second-order valence-corrected chi connectivity index (χ2v) is 10.6. The summed E-state index contributed by atoms with van der Waals surface area (Å²) < 4.78 is 54.8. The summed E-state index contributed by atoms with van der Waals surface area (Å²) >= 11 is 0. The Kier molecular flexibility index (Phi) is 8.54. The second-order valence-electron chi connectivity index (χ2n) is 10.6. The van der Waals surface area contributed by atoms with Crippen LogP contribution in [-0.4, -0.2) is 76.9 Å². The van der Waals surface area contributed by atoms with E-state index in [-0.39, 0.29) is 48.9 Å². The van der Waals surface area contributed by atoms with Crippen LogP contribution in [0.5, 0.6) is 0 Å². The van der Waals surface area contributed by atoms with Crippen molar-refractivity contribution < 1.29 is 27.5 Å². The molecule has 3 fully saturated rings. The van der Waals surface area contributed by atoms with Gasteiger partial charge in [0.25, 0.3) is 0 Å². The van der Waals surface area contributed by atoms with Gasteiger partial charge in [-0.15, -0.1) is 0 Å². The number of nitrogens with two attached hydrogens (primary N) is 1. The lowest BCUT2D eigenvalue weighted by Gasteiger charge is -2.42. The fourth-order valence-electron chi connectivity index (χ4n) is 5.62. The van der Waals surface area contributed by atoms with E-state index in [1.165, 1.54) is 6.33 Å². The molecule has 1 aliphatic heterocycles. The Morgan fingerprint density at radius 3 is 2.47 bits per heavy atom. The van der Waals surface area contributed by atoms with Gasteiger partial charge in [-0.3, -0.25) is 9.69 Å². The van der Waals surface area contributed by atoms with Crippen LogP contribution in [0, 0.1) is 23.6 Å². The largest absolute Gasteiger partial charge is 0.391 e. The van der Waals surface area contributed by atoms with Crippen LogP contribution in [0.25, 0.3) is 0 Å². The van der Waals surface area contributed by atoms with E-state index in [0.29, 0.717) is 45.4 Å². The van der Waals surface area contributed by atoms with Crippen LogP contribution in [0.2, 0.25) is 0 Å². The predicted molar refractivity (Wildman–Crippen MR) is 127 cm³/mol. The van der Waals surface area contributed by atoms with E-state index in [1.807, 2.05) is 4.90 Å². The van der Waals surface area contributed by atoms with Gasteiger partial charge in [0, 0.05) is 31.6 Å². The first kappa shape index (κ1) is 26.8. The molecule has 2 aliphatic carbocycles. The van der Waals surface area contributed by atoms with Crippen molar-refractivity contribution >= 4 is 17.5 Å². The molecule has 1 aromatic heterocycles. The first-order valence-corrected chi connectivity index (χ1v) is 12.9. The van der Waals surface area contributed by atoms with Crippen LogP contribution in [0.1, 0.15) is 51.4 Å². The van der Waals surface area contributed by atoms with Gasteiger partial charge in [0.1, 0.15) is 6.33 Å². The summed E-state index contributed by atoms with van der Waals surface area (Å²) in [5.41, 5.74) is 5.23. The number of primary amides is 1. The minimum absolute atomic E-state index is 0.0527. The van der Waals surface area contributed by atoms with Gasteiger partial charge >= 0.3 is 6.18 Å². The normalized spacial score (nSPS) is 27.9. The van der Waals surface area contributed by atoms with E-state index in [4.69, 9.17) is 5.73 Å². The van der Waals surface area contributed by atoms with Gasteiger partial charge < -0.3 is 21.1 Å². The van der Waals surface area contributed by atoms with Crippen LogP contribution in [0.3, 0.4) is 0 Å². The Labute approximate surface area is 208 Å². The highest BCUT2D eigenvalue weighted by Crippen LogP contribution is 2.41. The molecular weight excluding hydrogens is 480 g/mol. The van der Waals surface area contributed by atoms with Crippen molar-refractivity contribution in [3.8, 4) is 0 Å². The number of carbonyl (C=O) groups is 1. The van der Waals surface area contributed by atoms with E-state index >= 15 is 4.39 Å². The van der Waals surface area contributed by atoms with Crippen LogP contribution < -0.4 is 16.0 Å². The Hall–Kier alpha value is -2.21. The number of rotatable bonds is 9. The quantitative estimate of drug-likeness (QED) is 0.433. The highest BCUT2D eigenvalue weighted by Gasteiger charge is 2.42. The highest BCUT2D eigenvalue weighted by atomic mass is 19.4. The van der Waals surface area contributed by atoms with Gasteiger partial charge in [-0.25, -0.2) is 9.97 Å². The molecule has 0 aromatic carbocycles. The Bertz CT molecular complexity index is 892. The molecule has 2 heterocycles. The molecule has 4 N–H and O–H groups in total. The molecule has 4 rings (SSSR count). The van der Waals surface area contributed by atoms with Gasteiger partial charge in [0.15, 0.2) is 11.6 Å². The van der Waals surface area contributed by atoms with E-state index < -0.39 is 29.9 Å². The van der Waals surface area contributed by atoms with Crippen molar-refractivity contribution in [2.24, 2.45) is 23.5 Å². The van der Waals surface area contributed by atoms with Gasteiger partial charge in [-0.2, -0.15) is 17.6 Å².